The predicted molar refractivity (Wildman–Crippen MR) is 337 cm³/mol. The average molecular weight is 1520 g/mol. The summed E-state index contributed by atoms with van der Waals surface area (Å²) in [7, 11) is -38.9. The number of sulfone groups is 2. The molecule has 1 amide bonds. The number of hydrazone groups is 2. The van der Waals surface area contributed by atoms with Crippen molar-refractivity contribution in [3.05, 3.63) is 115 Å². The first-order valence-electron chi connectivity index (χ1n) is 25.6. The fourth-order valence-corrected chi connectivity index (χ4v) is 13.2. The van der Waals surface area contributed by atoms with Crippen molar-refractivity contribution < 1.29 is 118 Å². The quantitative estimate of drug-likeness (QED) is 0.0144. The first-order valence-corrected chi connectivity index (χ1v) is 37.4. The zero-order valence-corrected chi connectivity index (χ0v) is 54.5. The lowest BCUT2D eigenvalue weighted by Gasteiger charge is -2.15. The number of carbonyl (C=O) groups excluding carboxylic acids is 1. The molecule has 6 aromatic carbocycles. The van der Waals surface area contributed by atoms with Gasteiger partial charge in [0.25, 0.3) is 40.5 Å². The molecule has 1 aliphatic heterocycles. The highest BCUT2D eigenvalue weighted by molar-refractivity contribution is 7.92. The van der Waals surface area contributed by atoms with Crippen LogP contribution in [-0.2, 0) is 98.9 Å². The highest BCUT2D eigenvalue weighted by Crippen LogP contribution is 2.39. The Morgan fingerprint density at radius 1 is 0.480 bits per heavy atom. The van der Waals surface area contributed by atoms with Gasteiger partial charge in [-0.05, 0) is 115 Å². The zero-order chi connectivity index (χ0) is 72.3. The van der Waals surface area contributed by atoms with Crippen molar-refractivity contribution in [1.29, 1.82) is 0 Å². The molecule has 0 radical (unpaired) electrons. The number of rotatable bonds is 28. The Morgan fingerprint density at radius 2 is 0.888 bits per heavy atom. The summed E-state index contributed by atoms with van der Waals surface area (Å²) in [5.41, 5.74) is 7.47. The SMILES string of the molecule is Nc1cc(Nc2nc(Nc3ccc(S(=O)(=O)O)c(N/N=C4\C(=O)N(c5ccc(S(=O)(=O)O)cc5)N=C4C(=O)O)c3)nc(Nc3cc(N)c(S(=O)(=O)O)cc3N=Nc3ccc(S(=O)(=O)CCOS(=O)(=O)O)cc3)n2)c(N=Nc2ccc(S(=O)(=O)CCOS(=O)(=O)O)cc2)cc1S(=O)(=O)O. The van der Waals surface area contributed by atoms with Crippen molar-refractivity contribution in [2.75, 3.05) is 62.6 Å². The molecule has 0 saturated carbocycles. The Kier molecular flexibility index (Phi) is 21.2. The van der Waals surface area contributed by atoms with Crippen LogP contribution in [0.15, 0.2) is 175 Å². The lowest BCUT2D eigenvalue weighted by atomic mass is 10.2. The number of nitrogens with one attached hydrogen (secondary N) is 4. The van der Waals surface area contributed by atoms with E-state index in [0.29, 0.717) is 17.1 Å². The molecule has 520 valence electrons. The minimum atomic E-state index is -5.28. The van der Waals surface area contributed by atoms with Crippen LogP contribution >= 0.6 is 0 Å². The molecular weight excluding hydrogens is 1480 g/mol. The predicted octanol–water partition coefficient (Wildman–Crippen LogP) is 3.53. The molecule has 0 saturated heterocycles. The summed E-state index contributed by atoms with van der Waals surface area (Å²) >= 11 is 0. The van der Waals surface area contributed by atoms with Crippen LogP contribution in [0.4, 0.5) is 80.4 Å². The molecule has 0 fully saturated rings. The second-order valence-electron chi connectivity index (χ2n) is 19.1. The van der Waals surface area contributed by atoms with Crippen molar-refractivity contribution in [2.24, 2.45) is 30.7 Å². The van der Waals surface area contributed by atoms with E-state index < -0.39 is 205 Å². The number of benzene rings is 6. The number of nitrogen functional groups attached to an aromatic ring is 2. The van der Waals surface area contributed by atoms with E-state index in [4.69, 9.17) is 20.6 Å². The third-order valence-electron chi connectivity index (χ3n) is 12.2. The molecule has 98 heavy (non-hydrogen) atoms. The van der Waals surface area contributed by atoms with Crippen molar-refractivity contribution >= 4 is 185 Å². The molecule has 1 aromatic heterocycles. The van der Waals surface area contributed by atoms with Crippen molar-refractivity contribution in [2.45, 2.75) is 29.4 Å². The molecule has 0 spiro atoms. The van der Waals surface area contributed by atoms with E-state index in [1.165, 1.54) is 0 Å². The third-order valence-corrected chi connectivity index (χ3v) is 20.2. The molecule has 8 rings (SSSR count). The monoisotopic (exact) mass is 1520 g/mol. The molecule has 0 bridgehead atoms. The van der Waals surface area contributed by atoms with Gasteiger partial charge >= 0.3 is 32.7 Å². The minimum Gasteiger partial charge on any atom is -0.476 e. The fourth-order valence-electron chi connectivity index (χ4n) is 7.90. The van der Waals surface area contributed by atoms with Crippen LogP contribution in [0.25, 0.3) is 0 Å². The Bertz CT molecular complexity index is 5280. The van der Waals surface area contributed by atoms with E-state index in [1.807, 2.05) is 0 Å². The average Bonchev–Trinajstić information content (AvgIpc) is 1.01. The van der Waals surface area contributed by atoms with E-state index >= 15 is 0 Å². The number of azo groups is 2. The van der Waals surface area contributed by atoms with Gasteiger partial charge < -0.3 is 32.5 Å². The number of anilines is 10. The van der Waals surface area contributed by atoms with Crippen molar-refractivity contribution in [3.8, 4) is 0 Å². The third kappa shape index (κ3) is 19.1. The maximum absolute atomic E-state index is 13.6. The van der Waals surface area contributed by atoms with E-state index in [9.17, 15) is 100 Å². The van der Waals surface area contributed by atoms with Gasteiger partial charge in [0.2, 0.25) is 23.6 Å². The fraction of sp³-hybridized carbons (Fsp3) is 0.0851. The summed E-state index contributed by atoms with van der Waals surface area (Å²) < 4.78 is 260. The van der Waals surface area contributed by atoms with Gasteiger partial charge in [0.05, 0.1) is 84.9 Å². The van der Waals surface area contributed by atoms with E-state index in [0.717, 1.165) is 103 Å². The van der Waals surface area contributed by atoms with Gasteiger partial charge in [0.15, 0.2) is 25.4 Å². The summed E-state index contributed by atoms with van der Waals surface area (Å²) in [6, 6.07) is 17.6. The van der Waals surface area contributed by atoms with Crippen LogP contribution in [0, 0.1) is 0 Å². The van der Waals surface area contributed by atoms with E-state index in [-0.39, 0.29) is 34.1 Å². The largest absolute Gasteiger partial charge is 0.476 e. The van der Waals surface area contributed by atoms with Crippen LogP contribution in [-0.4, -0.2) is 163 Å². The Balaban J connectivity index is 1.22. The lowest BCUT2D eigenvalue weighted by Crippen LogP contribution is -2.31. The second-order valence-corrected chi connectivity index (χ2v) is 31.1. The molecule has 0 unspecified atom stereocenters. The maximum atomic E-state index is 13.6. The van der Waals surface area contributed by atoms with E-state index in [2.05, 4.69) is 75.4 Å². The highest BCUT2D eigenvalue weighted by Gasteiger charge is 2.38. The Hall–Kier alpha value is -10.1. The lowest BCUT2D eigenvalue weighted by molar-refractivity contribution is -0.129. The molecule has 2 heterocycles. The standard InChI is InChI=1S/C47H42N16O27S8/c48-31-20-33(35(22-39(31)95(77,78)79)58-56-24-1-8-28(9-2-24)91(67,68)17-15-89-97(83,84)85)51-46-53-45(50-26-5-14-38(94(74,75)76)37(19-26)60-61-41-42(44(65)66)62-63(43(41)64)27-6-12-30(13-7-27)93(71,72)73)54-47(55-46)52-34-21-32(49)40(96(80,81)82)23-36(34)59-57-25-3-10-29(11-4-25)92(69,70)18-16-90-98(86,87)88/h1-14,19-23,60H,15-18,48-49H2,(H,65,66)(H,71,72,73)(H,74,75,76)(H,77,78,79)(H,80,81,82)(H,83,84,85)(H,86,87,88)(H3,50,51,52,53,54,55)/b58-56?,59-57?,61-41-. The van der Waals surface area contributed by atoms with Gasteiger partial charge in [0.1, 0.15) is 26.1 Å². The number of carboxylic acids is 1. The Labute approximate surface area is 551 Å². The number of aliphatic carboxylic acids is 1. The maximum Gasteiger partial charge on any atom is 0.397 e. The summed E-state index contributed by atoms with van der Waals surface area (Å²) in [4.78, 5) is 34.5. The number of aromatic nitrogens is 3. The number of hydrogen-bond donors (Lipinski definition) is 13. The molecule has 51 heteroatoms. The van der Waals surface area contributed by atoms with Crippen LogP contribution in [0.5, 0.6) is 0 Å². The minimum absolute atomic E-state index is 0.148. The van der Waals surface area contributed by atoms with Gasteiger partial charge in [-0.15, -0.1) is 10.2 Å². The molecule has 15 N–H and O–H groups in total. The van der Waals surface area contributed by atoms with Gasteiger partial charge in [-0.1, -0.05) is 0 Å². The van der Waals surface area contributed by atoms with Gasteiger partial charge in [-0.3, -0.25) is 37.5 Å². The second kappa shape index (κ2) is 28.2. The topological polar surface area (TPSA) is 684 Å². The molecule has 0 aliphatic carbocycles. The summed E-state index contributed by atoms with van der Waals surface area (Å²) in [5, 5.41) is 41.9. The van der Waals surface area contributed by atoms with Gasteiger partial charge in [-0.25, -0.2) is 30.0 Å². The first-order chi connectivity index (χ1) is 45.3. The molecule has 1 aliphatic rings. The molecular formula is C47H42N16O27S8. The number of nitrogens with zero attached hydrogens (tertiary/aromatic N) is 10. The smallest absolute Gasteiger partial charge is 0.397 e. The highest BCUT2D eigenvalue weighted by atomic mass is 32.3. The number of nitrogens with two attached hydrogens (primary N) is 2. The van der Waals surface area contributed by atoms with Gasteiger partial charge in [-0.2, -0.15) is 90.9 Å². The summed E-state index contributed by atoms with van der Waals surface area (Å²) in [5.74, 6) is -6.97. The van der Waals surface area contributed by atoms with Crippen LogP contribution in [0.2, 0.25) is 0 Å². The molecule has 43 nitrogen and oxygen atoms in total. The normalized spacial score (nSPS) is 14.1. The summed E-state index contributed by atoms with van der Waals surface area (Å²) in [6.45, 7) is -1.94. The van der Waals surface area contributed by atoms with E-state index in [1.54, 1.807) is 0 Å². The first kappa shape index (κ1) is 73.7. The van der Waals surface area contributed by atoms with Crippen molar-refractivity contribution in [3.63, 3.8) is 0 Å². The number of amides is 1. The van der Waals surface area contributed by atoms with Crippen molar-refractivity contribution in [1.82, 2.24) is 15.0 Å². The zero-order valence-electron chi connectivity index (χ0n) is 48.0. The Morgan fingerprint density at radius 3 is 1.28 bits per heavy atom. The molecule has 7 aromatic rings. The van der Waals surface area contributed by atoms with Crippen LogP contribution < -0.4 is 37.9 Å². The number of carboxylic acid groups (broad SMARTS) is 1. The van der Waals surface area contributed by atoms with Gasteiger partial charge in [0, 0.05) is 5.69 Å². The summed E-state index contributed by atoms with van der Waals surface area (Å²) in [6.07, 6.45) is 0. The number of carbonyl (C=O) groups is 2. The number of hydrogen-bond acceptors (Lipinski definition) is 35. The molecule has 0 atom stereocenters. The van der Waals surface area contributed by atoms with Crippen LogP contribution in [0.1, 0.15) is 0 Å². The van der Waals surface area contributed by atoms with Crippen LogP contribution in [0.3, 0.4) is 0 Å².